The van der Waals surface area contributed by atoms with Gasteiger partial charge in [-0.1, -0.05) is 20.8 Å². The Kier molecular flexibility index (Phi) is 5.97. The maximum Gasteiger partial charge on any atom is 0.439 e. The van der Waals surface area contributed by atoms with Crippen LogP contribution in [-0.2, 0) is 14.3 Å². The second-order valence-electron chi connectivity index (χ2n) is 4.63. The van der Waals surface area contributed by atoms with E-state index in [4.69, 9.17) is 0 Å². The molecule has 0 aliphatic carbocycles. The van der Waals surface area contributed by atoms with E-state index in [-0.39, 0.29) is 12.8 Å². The van der Waals surface area contributed by atoms with Crippen molar-refractivity contribution in [1.29, 1.82) is 0 Å². The first kappa shape index (κ1) is 22.2. The van der Waals surface area contributed by atoms with Crippen molar-refractivity contribution in [2.24, 2.45) is 0 Å². The van der Waals surface area contributed by atoms with E-state index in [1.165, 1.54) is 0 Å². The number of hydrogen-bond donors (Lipinski definition) is 0. The molecule has 0 aromatic carbocycles. The summed E-state index contributed by atoms with van der Waals surface area (Å²) < 4.78 is 138. The highest BCUT2D eigenvalue weighted by Crippen LogP contribution is 2.58. The van der Waals surface area contributed by atoms with Crippen molar-refractivity contribution in [3.63, 3.8) is 0 Å². The maximum atomic E-state index is 13.6. The van der Waals surface area contributed by atoms with Gasteiger partial charge in [0.2, 0.25) is 0 Å². The van der Waals surface area contributed by atoms with Gasteiger partial charge in [0.1, 0.15) is 0 Å². The van der Waals surface area contributed by atoms with E-state index in [1.54, 1.807) is 0 Å². The third-order valence-corrected chi connectivity index (χ3v) is 3.37. The molecule has 0 aromatic heterocycles. The minimum Gasteiger partial charge on any atom is -0.460 e. The summed E-state index contributed by atoms with van der Waals surface area (Å²) in [4.78, 5) is 7.91. The van der Waals surface area contributed by atoms with Gasteiger partial charge >= 0.3 is 36.3 Å². The van der Waals surface area contributed by atoms with Crippen LogP contribution < -0.4 is 0 Å². The summed E-state index contributed by atoms with van der Waals surface area (Å²) in [7, 11) is 0. The Morgan fingerprint density at radius 3 is 1.80 bits per heavy atom. The first-order chi connectivity index (χ1) is 11.1. The number of carbonyl (C=O) groups excluding carboxylic acids is 1. The minimum atomic E-state index is -6.67. The maximum absolute atomic E-state index is 13.6. The second-order valence-corrected chi connectivity index (χ2v) is 5.42. The van der Waals surface area contributed by atoms with Crippen LogP contribution in [0.3, 0.4) is 0 Å². The quantitative estimate of drug-likeness (QED) is 0.198. The number of morpholine rings is 1. The fourth-order valence-corrected chi connectivity index (χ4v) is 2.01. The lowest BCUT2D eigenvalue weighted by Gasteiger charge is -2.48. The molecule has 25 heavy (non-hydrogen) atoms. The summed E-state index contributed by atoms with van der Waals surface area (Å²) in [5.74, 6) is -3.13. The van der Waals surface area contributed by atoms with Gasteiger partial charge in [-0.25, -0.2) is 9.53 Å². The van der Waals surface area contributed by atoms with E-state index in [0.717, 1.165) is 0 Å². The molecule has 0 N–H and O–H groups in total. The molecule has 148 valence electrons. The van der Waals surface area contributed by atoms with Crippen LogP contribution in [0.2, 0.25) is 0 Å². The molecule has 1 rings (SSSR count). The van der Waals surface area contributed by atoms with Gasteiger partial charge in [0.15, 0.2) is 0 Å². The number of hydrogen-bond acceptors (Lipinski definition) is 4. The lowest BCUT2D eigenvalue weighted by molar-refractivity contribution is -0.581. The molecule has 0 unspecified atom stereocenters. The molecule has 0 saturated carbocycles. The number of carbonyl (C=O) groups is 1. The summed E-state index contributed by atoms with van der Waals surface area (Å²) in [6.07, 6.45) is -12.8. The van der Waals surface area contributed by atoms with Crippen LogP contribution in [0.25, 0.3) is 0 Å². The van der Waals surface area contributed by atoms with E-state index in [9.17, 15) is 48.7 Å². The van der Waals surface area contributed by atoms with Gasteiger partial charge in [0, 0.05) is 5.33 Å². The van der Waals surface area contributed by atoms with E-state index >= 15 is 0 Å². The predicted molar refractivity (Wildman–Crippen MR) is 61.6 cm³/mol. The number of rotatable bonds is 6. The van der Waals surface area contributed by atoms with Gasteiger partial charge in [0.05, 0.1) is 6.61 Å². The molecule has 1 saturated heterocycles. The average Bonchev–Trinajstić information content (AvgIpc) is 2.39. The molecule has 0 amide bonds. The monoisotopic (exact) mass is 459 g/mol. The highest BCUT2D eigenvalue weighted by Gasteiger charge is 2.88. The topological polar surface area (TPSA) is 38.8 Å². The fourth-order valence-electron chi connectivity index (χ4n) is 1.61. The van der Waals surface area contributed by atoms with Gasteiger partial charge in [-0.05, 0) is 12.8 Å². The highest BCUT2D eigenvalue weighted by molar-refractivity contribution is 9.09. The standard InChI is InChI=1S/C10H8BrF10NO3/c11-3-1-2-4-24-5(23)6(12,13)22-7(14,15)9(18,19)25-10(20,21)8(22,16)17/h1-4H2. The Balaban J connectivity index is 3.25. The zero-order valence-corrected chi connectivity index (χ0v) is 13.2. The Morgan fingerprint density at radius 1 is 0.960 bits per heavy atom. The van der Waals surface area contributed by atoms with Gasteiger partial charge in [-0.3, -0.25) is 0 Å². The Bertz CT molecular complexity index is 489. The van der Waals surface area contributed by atoms with Gasteiger partial charge in [-0.2, -0.15) is 43.9 Å². The molecule has 0 atom stereocenters. The number of esters is 1. The molecule has 15 heteroatoms. The first-order valence-corrected chi connectivity index (χ1v) is 7.30. The molecule has 1 aliphatic rings. The number of ether oxygens (including phenoxy) is 2. The molecule has 0 bridgehead atoms. The van der Waals surface area contributed by atoms with Crippen LogP contribution in [0.5, 0.6) is 0 Å². The zero-order valence-electron chi connectivity index (χ0n) is 11.7. The lowest BCUT2D eigenvalue weighted by Crippen LogP contribution is -2.78. The van der Waals surface area contributed by atoms with Crippen LogP contribution in [0.1, 0.15) is 12.8 Å². The van der Waals surface area contributed by atoms with Gasteiger partial charge in [-0.15, -0.1) is 0 Å². The zero-order chi connectivity index (χ0) is 19.9. The van der Waals surface area contributed by atoms with Crippen molar-refractivity contribution in [3.8, 4) is 0 Å². The average molecular weight is 460 g/mol. The summed E-state index contributed by atoms with van der Waals surface area (Å²) in [5.41, 5.74) is 0. The Hall–Kier alpha value is -0.830. The predicted octanol–water partition coefficient (Wildman–Crippen LogP) is 4.00. The smallest absolute Gasteiger partial charge is 0.439 e. The first-order valence-electron chi connectivity index (χ1n) is 6.18. The summed E-state index contributed by atoms with van der Waals surface area (Å²) in [5, 5.41) is 0.305. The van der Waals surface area contributed by atoms with E-state index in [0.29, 0.717) is 5.33 Å². The van der Waals surface area contributed by atoms with Crippen LogP contribution in [0.15, 0.2) is 0 Å². The minimum absolute atomic E-state index is 0.130. The molecule has 0 radical (unpaired) electrons. The van der Waals surface area contributed by atoms with Crippen molar-refractivity contribution in [3.05, 3.63) is 0 Å². The van der Waals surface area contributed by atoms with Gasteiger partial charge in [0.25, 0.3) is 0 Å². The third kappa shape index (κ3) is 3.67. The van der Waals surface area contributed by atoms with Crippen LogP contribution in [-0.4, -0.2) is 53.2 Å². The number of halogens is 11. The highest BCUT2D eigenvalue weighted by atomic mass is 79.9. The van der Waals surface area contributed by atoms with Crippen molar-refractivity contribution in [2.75, 3.05) is 11.9 Å². The van der Waals surface area contributed by atoms with E-state index in [2.05, 4.69) is 20.7 Å². The number of nitrogens with zero attached hydrogens (tertiary/aromatic N) is 1. The largest absolute Gasteiger partial charge is 0.460 e. The second kappa shape index (κ2) is 6.72. The van der Waals surface area contributed by atoms with Crippen molar-refractivity contribution in [1.82, 2.24) is 4.90 Å². The van der Waals surface area contributed by atoms with Crippen molar-refractivity contribution < 1.29 is 58.2 Å². The molecule has 1 heterocycles. The normalized spacial score (nSPS) is 24.8. The molecule has 0 aromatic rings. The molecule has 4 nitrogen and oxygen atoms in total. The third-order valence-electron chi connectivity index (χ3n) is 2.81. The molecular weight excluding hydrogens is 452 g/mol. The summed E-state index contributed by atoms with van der Waals surface area (Å²) in [6, 6.07) is -19.6. The number of unbranched alkanes of at least 4 members (excludes halogenated alkanes) is 1. The number of alkyl halides is 11. The van der Waals surface area contributed by atoms with E-state index < -0.39 is 47.8 Å². The SMILES string of the molecule is O=C(OCCCCBr)C(F)(F)N1C(F)(F)C(F)(F)OC(F)(F)C1(F)F. The Labute approximate surface area is 141 Å². The van der Waals surface area contributed by atoms with Crippen LogP contribution >= 0.6 is 15.9 Å². The van der Waals surface area contributed by atoms with E-state index in [1.807, 2.05) is 4.74 Å². The fraction of sp³-hybridized carbons (Fsp3) is 0.900. The van der Waals surface area contributed by atoms with Crippen LogP contribution in [0.4, 0.5) is 43.9 Å². The van der Waals surface area contributed by atoms with Crippen molar-refractivity contribution >= 4 is 21.9 Å². The Morgan fingerprint density at radius 2 is 1.40 bits per heavy atom. The molecule has 1 aliphatic heterocycles. The lowest BCUT2D eigenvalue weighted by atomic mass is 10.2. The summed E-state index contributed by atoms with van der Waals surface area (Å²) in [6.45, 7) is -0.881. The van der Waals surface area contributed by atoms with Gasteiger partial charge < -0.3 is 4.74 Å². The molecule has 1 fully saturated rings. The molecular formula is C10H8BrF10NO3. The van der Waals surface area contributed by atoms with Crippen molar-refractivity contribution in [2.45, 2.75) is 43.2 Å². The van der Waals surface area contributed by atoms with Crippen LogP contribution in [0, 0.1) is 0 Å². The molecule has 0 spiro atoms. The summed E-state index contributed by atoms with van der Waals surface area (Å²) >= 11 is 2.90.